The topological polar surface area (TPSA) is 60.4 Å². The first kappa shape index (κ1) is 16.1. The molecule has 8 heteroatoms. The summed E-state index contributed by atoms with van der Waals surface area (Å²) >= 11 is 6.00. The summed E-state index contributed by atoms with van der Waals surface area (Å²) in [5.74, 6) is 5.91. The van der Waals surface area contributed by atoms with Crippen molar-refractivity contribution >= 4 is 22.6 Å². The lowest BCUT2D eigenvalue weighted by Gasteiger charge is -2.14. The normalized spacial score (nSPS) is 13.8. The molecule has 0 amide bonds. The van der Waals surface area contributed by atoms with Crippen LogP contribution in [0.3, 0.4) is 0 Å². The summed E-state index contributed by atoms with van der Waals surface area (Å²) in [5, 5.41) is 1.26. The van der Waals surface area contributed by atoms with Gasteiger partial charge in [-0.15, -0.1) is 0 Å². The van der Waals surface area contributed by atoms with Crippen molar-refractivity contribution in [1.29, 1.82) is 0 Å². The van der Waals surface area contributed by atoms with Gasteiger partial charge in [-0.3, -0.25) is 5.84 Å². The predicted molar refractivity (Wildman–Crippen MR) is 72.8 cm³/mol. The Hall–Kier alpha value is -1.28. The fraction of sp³-hybridized carbons (Fsp3) is 0.385. The second kappa shape index (κ2) is 6.65. The fourth-order valence-electron chi connectivity index (χ4n) is 1.92. The number of hydrazine groups is 1. The summed E-state index contributed by atoms with van der Waals surface area (Å²) in [4.78, 5) is 0. The molecule has 0 aliphatic heterocycles. The van der Waals surface area contributed by atoms with E-state index in [1.807, 2.05) is 6.07 Å². The van der Waals surface area contributed by atoms with Gasteiger partial charge in [0.1, 0.15) is 12.4 Å². The molecule has 1 atom stereocenters. The van der Waals surface area contributed by atoms with Crippen molar-refractivity contribution in [3.05, 3.63) is 35.0 Å². The number of rotatable bonds is 6. The molecule has 4 nitrogen and oxygen atoms in total. The molecule has 3 N–H and O–H groups in total. The molecule has 0 saturated carbocycles. The standard InChI is InChI=1S/C13H14ClF3N2O2/c14-9-3-1-2-8-6-11(21-12(8)9)10(19-18)4-5-20-7-13(15,16)17/h1-3,6,10,19H,4-5,7,18H2. The lowest BCUT2D eigenvalue weighted by molar-refractivity contribution is -0.174. The van der Waals surface area contributed by atoms with Gasteiger partial charge in [0.25, 0.3) is 0 Å². The third kappa shape index (κ3) is 4.34. The molecule has 0 fully saturated rings. The minimum Gasteiger partial charge on any atom is -0.458 e. The summed E-state index contributed by atoms with van der Waals surface area (Å²) in [6, 6.07) is 6.58. The van der Waals surface area contributed by atoms with Gasteiger partial charge in [-0.25, -0.2) is 5.43 Å². The molecule has 0 radical (unpaired) electrons. The van der Waals surface area contributed by atoms with E-state index >= 15 is 0 Å². The maximum absolute atomic E-state index is 12.0. The largest absolute Gasteiger partial charge is 0.458 e. The Morgan fingerprint density at radius 1 is 1.38 bits per heavy atom. The highest BCUT2D eigenvalue weighted by molar-refractivity contribution is 6.34. The number of alkyl halides is 3. The lowest BCUT2D eigenvalue weighted by atomic mass is 10.1. The highest BCUT2D eigenvalue weighted by Gasteiger charge is 2.27. The molecule has 0 aliphatic rings. The molecular formula is C13H14ClF3N2O2. The van der Waals surface area contributed by atoms with Gasteiger partial charge in [-0.2, -0.15) is 13.2 Å². The van der Waals surface area contributed by atoms with Crippen LogP contribution in [0.4, 0.5) is 13.2 Å². The molecule has 0 saturated heterocycles. The minimum atomic E-state index is -4.33. The molecule has 1 aromatic heterocycles. The average Bonchev–Trinajstić information content (AvgIpc) is 2.83. The van der Waals surface area contributed by atoms with Crippen molar-refractivity contribution in [2.45, 2.75) is 18.6 Å². The van der Waals surface area contributed by atoms with Gasteiger partial charge >= 0.3 is 6.18 Å². The van der Waals surface area contributed by atoms with Gasteiger partial charge in [0.15, 0.2) is 5.58 Å². The summed E-state index contributed by atoms with van der Waals surface area (Å²) in [5.41, 5.74) is 3.02. The first-order valence-corrected chi connectivity index (χ1v) is 6.57. The van der Waals surface area contributed by atoms with E-state index in [0.29, 0.717) is 16.4 Å². The molecule has 0 bridgehead atoms. The predicted octanol–water partition coefficient (Wildman–Crippen LogP) is 3.56. The van der Waals surface area contributed by atoms with E-state index in [4.69, 9.17) is 21.9 Å². The molecule has 1 aromatic carbocycles. The average molecular weight is 323 g/mol. The van der Waals surface area contributed by atoms with Crippen LogP contribution in [0.2, 0.25) is 5.02 Å². The van der Waals surface area contributed by atoms with Gasteiger partial charge < -0.3 is 9.15 Å². The maximum atomic E-state index is 12.0. The monoisotopic (exact) mass is 322 g/mol. The summed E-state index contributed by atoms with van der Waals surface area (Å²) in [7, 11) is 0. The maximum Gasteiger partial charge on any atom is 0.411 e. The smallest absolute Gasteiger partial charge is 0.411 e. The second-order valence-corrected chi connectivity index (χ2v) is 4.89. The number of halogens is 4. The molecule has 2 aromatic rings. The summed E-state index contributed by atoms with van der Waals surface area (Å²) < 4.78 is 46.1. The van der Waals surface area contributed by atoms with Crippen LogP contribution in [0.1, 0.15) is 18.2 Å². The molecule has 1 heterocycles. The van der Waals surface area contributed by atoms with Gasteiger partial charge in [-0.05, 0) is 18.6 Å². The molecule has 0 aliphatic carbocycles. The van der Waals surface area contributed by atoms with Crippen molar-refractivity contribution in [2.24, 2.45) is 5.84 Å². The number of fused-ring (bicyclic) bond motifs is 1. The van der Waals surface area contributed by atoms with Crippen molar-refractivity contribution < 1.29 is 22.3 Å². The van der Waals surface area contributed by atoms with Crippen LogP contribution in [0.15, 0.2) is 28.7 Å². The molecule has 21 heavy (non-hydrogen) atoms. The van der Waals surface area contributed by atoms with Crippen molar-refractivity contribution in [2.75, 3.05) is 13.2 Å². The SMILES string of the molecule is NNC(CCOCC(F)(F)F)c1cc2cccc(Cl)c2o1. The van der Waals surface area contributed by atoms with E-state index in [1.165, 1.54) is 0 Å². The molecular weight excluding hydrogens is 309 g/mol. The summed E-state index contributed by atoms with van der Waals surface area (Å²) in [6.45, 7) is -1.38. The van der Waals surface area contributed by atoms with Crippen molar-refractivity contribution in [3.63, 3.8) is 0 Å². The van der Waals surface area contributed by atoms with E-state index < -0.39 is 18.8 Å². The zero-order chi connectivity index (χ0) is 15.5. The second-order valence-electron chi connectivity index (χ2n) is 4.48. The van der Waals surface area contributed by atoms with Crippen LogP contribution < -0.4 is 11.3 Å². The van der Waals surface area contributed by atoms with Crippen LogP contribution in [0.25, 0.3) is 11.0 Å². The molecule has 2 rings (SSSR count). The van der Waals surface area contributed by atoms with Crippen LogP contribution in [0.5, 0.6) is 0 Å². The number of furan rings is 1. The Labute approximate surface area is 124 Å². The highest BCUT2D eigenvalue weighted by atomic mass is 35.5. The third-order valence-electron chi connectivity index (χ3n) is 2.88. The Balaban J connectivity index is 2.01. The number of hydrogen-bond donors (Lipinski definition) is 2. The van der Waals surface area contributed by atoms with Gasteiger partial charge in [0.05, 0.1) is 11.1 Å². The molecule has 0 spiro atoms. The summed E-state index contributed by atoms with van der Waals surface area (Å²) in [6.07, 6.45) is -4.09. The van der Waals surface area contributed by atoms with Crippen molar-refractivity contribution in [3.8, 4) is 0 Å². The number of nitrogens with one attached hydrogen (secondary N) is 1. The van der Waals surface area contributed by atoms with Crippen molar-refractivity contribution in [1.82, 2.24) is 5.43 Å². The van der Waals surface area contributed by atoms with Crippen LogP contribution in [-0.4, -0.2) is 19.4 Å². The Bertz CT molecular complexity index is 601. The number of benzene rings is 1. The zero-order valence-corrected chi connectivity index (χ0v) is 11.7. The van der Waals surface area contributed by atoms with Crippen LogP contribution in [-0.2, 0) is 4.74 Å². The van der Waals surface area contributed by atoms with E-state index in [0.717, 1.165) is 5.39 Å². The van der Waals surface area contributed by atoms with Crippen LogP contribution in [0, 0.1) is 0 Å². The zero-order valence-electron chi connectivity index (χ0n) is 10.9. The van der Waals surface area contributed by atoms with E-state index in [1.54, 1.807) is 18.2 Å². The minimum absolute atomic E-state index is 0.0981. The number of para-hydroxylation sites is 1. The number of hydrogen-bond acceptors (Lipinski definition) is 4. The first-order chi connectivity index (χ1) is 9.90. The van der Waals surface area contributed by atoms with Crippen LogP contribution >= 0.6 is 11.6 Å². The first-order valence-electron chi connectivity index (χ1n) is 6.19. The lowest BCUT2D eigenvalue weighted by Crippen LogP contribution is -2.29. The number of nitrogens with two attached hydrogens (primary N) is 1. The Morgan fingerprint density at radius 3 is 2.76 bits per heavy atom. The van der Waals surface area contributed by atoms with E-state index in [2.05, 4.69) is 10.2 Å². The van der Waals surface area contributed by atoms with Gasteiger partial charge in [0.2, 0.25) is 0 Å². The highest BCUT2D eigenvalue weighted by Crippen LogP contribution is 2.30. The Kier molecular flexibility index (Phi) is 5.10. The molecule has 116 valence electrons. The fourth-order valence-corrected chi connectivity index (χ4v) is 2.14. The van der Waals surface area contributed by atoms with Gasteiger partial charge in [0, 0.05) is 12.0 Å². The van der Waals surface area contributed by atoms with Gasteiger partial charge in [-0.1, -0.05) is 23.7 Å². The van der Waals surface area contributed by atoms with E-state index in [-0.39, 0.29) is 13.0 Å². The third-order valence-corrected chi connectivity index (χ3v) is 3.17. The Morgan fingerprint density at radius 2 is 2.14 bits per heavy atom. The molecule has 1 unspecified atom stereocenters. The number of ether oxygens (including phenoxy) is 1. The van der Waals surface area contributed by atoms with E-state index in [9.17, 15) is 13.2 Å². The quantitative estimate of drug-likeness (QED) is 0.485.